The molecule has 0 saturated carbocycles. The van der Waals surface area contributed by atoms with Crippen LogP contribution in [-0.4, -0.2) is 25.2 Å². The van der Waals surface area contributed by atoms with Gasteiger partial charge in [0.05, 0.1) is 10.6 Å². The van der Waals surface area contributed by atoms with Gasteiger partial charge in [0.2, 0.25) is 10.0 Å². The summed E-state index contributed by atoms with van der Waals surface area (Å²) in [6.07, 6.45) is 0.680. The number of rotatable bonds is 4. The first kappa shape index (κ1) is 19.8. The van der Waals surface area contributed by atoms with Crippen molar-refractivity contribution in [1.29, 1.82) is 0 Å². The van der Waals surface area contributed by atoms with E-state index in [1.807, 2.05) is 11.4 Å². The molecule has 29 heavy (non-hydrogen) atoms. The Hall–Kier alpha value is -2.55. The predicted octanol–water partition coefficient (Wildman–Crippen LogP) is 4.19. The number of amides is 1. The van der Waals surface area contributed by atoms with Crippen molar-refractivity contribution in [3.63, 3.8) is 0 Å². The molecule has 0 aliphatic carbocycles. The summed E-state index contributed by atoms with van der Waals surface area (Å²) in [4.78, 5) is 13.8. The molecule has 0 saturated heterocycles. The lowest BCUT2D eigenvalue weighted by Gasteiger charge is -2.26. The lowest BCUT2D eigenvalue weighted by atomic mass is 10.1. The van der Waals surface area contributed by atoms with Crippen LogP contribution in [0.3, 0.4) is 0 Å². The Labute approximate surface area is 172 Å². The van der Waals surface area contributed by atoms with Gasteiger partial charge >= 0.3 is 0 Å². The molecule has 0 unspecified atom stereocenters. The van der Waals surface area contributed by atoms with Crippen LogP contribution >= 0.6 is 11.3 Å². The van der Waals surface area contributed by atoms with Crippen LogP contribution in [0.2, 0.25) is 0 Å². The zero-order chi connectivity index (χ0) is 20.6. The number of carbonyl (C=O) groups is 1. The molecule has 1 aliphatic rings. The number of nitrogens with one attached hydrogen (secondary N) is 1. The minimum atomic E-state index is -3.74. The van der Waals surface area contributed by atoms with Crippen LogP contribution in [0, 0.1) is 12.7 Å². The third kappa shape index (κ3) is 3.96. The maximum Gasteiger partial charge on any atom is 0.255 e. The number of carbonyl (C=O) groups excluding carboxylic acids is 1. The molecule has 5 nitrogen and oxygen atoms in total. The van der Waals surface area contributed by atoms with Crippen LogP contribution in [0.15, 0.2) is 58.8 Å². The highest BCUT2D eigenvalue weighted by molar-refractivity contribution is 7.89. The lowest BCUT2D eigenvalue weighted by molar-refractivity contribution is 0.102. The number of sulfonamides is 1. The van der Waals surface area contributed by atoms with Gasteiger partial charge in [0.1, 0.15) is 5.82 Å². The third-order valence-corrected chi connectivity index (χ3v) is 7.74. The number of aryl methyl sites for hydroxylation is 1. The van der Waals surface area contributed by atoms with Crippen molar-refractivity contribution in [2.75, 3.05) is 11.9 Å². The minimum absolute atomic E-state index is 0.0496. The molecular weight excluding hydrogens is 411 g/mol. The molecule has 2 aromatic carbocycles. The second kappa shape index (κ2) is 7.70. The van der Waals surface area contributed by atoms with Gasteiger partial charge in [0, 0.05) is 23.5 Å². The number of halogens is 1. The van der Waals surface area contributed by atoms with Gasteiger partial charge in [-0.15, -0.1) is 11.3 Å². The third-order valence-electron chi connectivity index (χ3n) is 4.88. The summed E-state index contributed by atoms with van der Waals surface area (Å²) in [7, 11) is -3.74. The molecular formula is C21H19FN2O3S2. The van der Waals surface area contributed by atoms with E-state index in [0.29, 0.717) is 19.5 Å². The van der Waals surface area contributed by atoms with Crippen molar-refractivity contribution in [2.24, 2.45) is 0 Å². The van der Waals surface area contributed by atoms with Crippen LogP contribution in [0.25, 0.3) is 0 Å². The number of benzene rings is 2. The molecule has 0 bridgehead atoms. The zero-order valence-corrected chi connectivity index (χ0v) is 17.3. The first-order valence-corrected chi connectivity index (χ1v) is 11.4. The van der Waals surface area contributed by atoms with Crippen molar-refractivity contribution >= 4 is 33.0 Å². The van der Waals surface area contributed by atoms with Gasteiger partial charge in [-0.2, -0.15) is 4.31 Å². The first-order valence-electron chi connectivity index (χ1n) is 9.07. The van der Waals surface area contributed by atoms with Gasteiger partial charge in [-0.3, -0.25) is 4.79 Å². The fraction of sp³-hybridized carbons (Fsp3) is 0.190. The Bertz CT molecular complexity index is 1190. The highest BCUT2D eigenvalue weighted by Crippen LogP contribution is 2.28. The molecule has 1 aromatic heterocycles. The van der Waals surface area contributed by atoms with Gasteiger partial charge in [0.15, 0.2) is 0 Å². The molecule has 0 fully saturated rings. The number of hydrogen-bond acceptors (Lipinski definition) is 4. The molecule has 1 N–H and O–H groups in total. The van der Waals surface area contributed by atoms with Crippen molar-refractivity contribution in [3.05, 3.63) is 81.3 Å². The summed E-state index contributed by atoms with van der Waals surface area (Å²) in [5.74, 6) is -1.11. The summed E-state index contributed by atoms with van der Waals surface area (Å²) in [5.41, 5.74) is 2.04. The number of thiophene rings is 1. The first-order chi connectivity index (χ1) is 13.8. The monoisotopic (exact) mass is 430 g/mol. The summed E-state index contributed by atoms with van der Waals surface area (Å²) < 4.78 is 41.5. The Kier molecular flexibility index (Phi) is 5.24. The molecule has 150 valence electrons. The number of fused-ring (bicyclic) bond motifs is 1. The maximum atomic E-state index is 13.9. The van der Waals surface area contributed by atoms with E-state index in [-0.39, 0.29) is 16.1 Å². The van der Waals surface area contributed by atoms with E-state index < -0.39 is 21.7 Å². The molecule has 1 aliphatic heterocycles. The Morgan fingerprint density at radius 3 is 2.83 bits per heavy atom. The van der Waals surface area contributed by atoms with E-state index >= 15 is 0 Å². The van der Waals surface area contributed by atoms with E-state index in [4.69, 9.17) is 0 Å². The molecule has 2 heterocycles. The van der Waals surface area contributed by atoms with Crippen LogP contribution in [0.5, 0.6) is 0 Å². The van der Waals surface area contributed by atoms with Crippen molar-refractivity contribution < 1.29 is 17.6 Å². The van der Waals surface area contributed by atoms with Crippen molar-refractivity contribution in [3.8, 4) is 0 Å². The fourth-order valence-corrected chi connectivity index (χ4v) is 5.66. The van der Waals surface area contributed by atoms with Crippen LogP contribution < -0.4 is 5.32 Å². The Morgan fingerprint density at radius 1 is 1.17 bits per heavy atom. The van der Waals surface area contributed by atoms with E-state index in [9.17, 15) is 17.6 Å². The predicted molar refractivity (Wildman–Crippen MR) is 111 cm³/mol. The normalized spacial score (nSPS) is 14.4. The van der Waals surface area contributed by atoms with E-state index in [1.54, 1.807) is 24.3 Å². The minimum Gasteiger partial charge on any atom is -0.319 e. The van der Waals surface area contributed by atoms with Crippen LogP contribution in [0.1, 0.15) is 26.4 Å². The van der Waals surface area contributed by atoms with Gasteiger partial charge in [-0.1, -0.05) is 12.1 Å². The number of anilines is 1. The van der Waals surface area contributed by atoms with Crippen molar-refractivity contribution in [2.45, 2.75) is 24.8 Å². The van der Waals surface area contributed by atoms with E-state index in [0.717, 1.165) is 11.1 Å². The average molecular weight is 431 g/mol. The summed E-state index contributed by atoms with van der Waals surface area (Å²) in [5, 5.41) is 4.48. The molecule has 8 heteroatoms. The van der Waals surface area contributed by atoms with E-state index in [2.05, 4.69) is 5.32 Å². The zero-order valence-electron chi connectivity index (χ0n) is 15.7. The van der Waals surface area contributed by atoms with Crippen molar-refractivity contribution in [1.82, 2.24) is 4.31 Å². The largest absolute Gasteiger partial charge is 0.319 e. The standard InChI is InChI=1S/C21H19FN2O3S2/c1-14-5-6-18(22)19(11-14)23-21(25)15-3-2-4-17(12-15)29(26,27)24-9-7-20-16(13-24)8-10-28-20/h2-6,8,10-12H,7,9,13H2,1H3,(H,23,25). The lowest BCUT2D eigenvalue weighted by Crippen LogP contribution is -2.35. The molecule has 0 spiro atoms. The van der Waals surface area contributed by atoms with E-state index in [1.165, 1.54) is 45.6 Å². The molecule has 3 aromatic rings. The molecule has 4 rings (SSSR count). The SMILES string of the molecule is Cc1ccc(F)c(NC(=O)c2cccc(S(=O)(=O)N3CCc4sccc4C3)c2)c1. The van der Waals surface area contributed by atoms with Crippen LogP contribution in [0.4, 0.5) is 10.1 Å². The van der Waals surface area contributed by atoms with Gasteiger partial charge in [-0.25, -0.2) is 12.8 Å². The topological polar surface area (TPSA) is 66.5 Å². The highest BCUT2D eigenvalue weighted by Gasteiger charge is 2.29. The van der Waals surface area contributed by atoms with Gasteiger partial charge in [-0.05, 0) is 66.2 Å². The second-order valence-electron chi connectivity index (χ2n) is 6.92. The van der Waals surface area contributed by atoms with Gasteiger partial charge in [0.25, 0.3) is 5.91 Å². The maximum absolute atomic E-state index is 13.9. The number of nitrogens with zero attached hydrogens (tertiary/aromatic N) is 1. The second-order valence-corrected chi connectivity index (χ2v) is 9.86. The van der Waals surface area contributed by atoms with Gasteiger partial charge < -0.3 is 5.32 Å². The summed E-state index contributed by atoms with van der Waals surface area (Å²) in [6, 6.07) is 12.2. The number of hydrogen-bond donors (Lipinski definition) is 1. The molecule has 0 radical (unpaired) electrons. The quantitative estimate of drug-likeness (QED) is 0.675. The smallest absolute Gasteiger partial charge is 0.255 e. The Morgan fingerprint density at radius 2 is 2.00 bits per heavy atom. The van der Waals surface area contributed by atoms with Crippen LogP contribution in [-0.2, 0) is 23.0 Å². The molecule has 1 amide bonds. The fourth-order valence-electron chi connectivity index (χ4n) is 3.30. The molecule has 0 atom stereocenters. The highest BCUT2D eigenvalue weighted by atomic mass is 32.2. The Balaban J connectivity index is 1.58. The summed E-state index contributed by atoms with van der Waals surface area (Å²) in [6.45, 7) is 2.52. The average Bonchev–Trinajstić information content (AvgIpc) is 3.18. The summed E-state index contributed by atoms with van der Waals surface area (Å²) >= 11 is 1.64.